The summed E-state index contributed by atoms with van der Waals surface area (Å²) >= 11 is 0. The topological polar surface area (TPSA) is 33.0 Å². The zero-order valence-corrected chi connectivity index (χ0v) is 11.1. The third-order valence-corrected chi connectivity index (χ3v) is 3.65. The largest absolute Gasteiger partial charge is 0.358 e. The molecule has 1 atom stereocenters. The lowest BCUT2D eigenvalue weighted by atomic mass is 9.93. The molecule has 0 amide bonds. The van der Waals surface area contributed by atoms with E-state index in [4.69, 9.17) is 10.00 Å². The second-order valence-electron chi connectivity index (χ2n) is 5.33. The molecule has 2 aromatic rings. The van der Waals surface area contributed by atoms with Crippen molar-refractivity contribution in [1.82, 2.24) is 0 Å². The number of benzene rings is 2. The monoisotopic (exact) mass is 249 g/mol. The highest BCUT2D eigenvalue weighted by Crippen LogP contribution is 2.45. The van der Waals surface area contributed by atoms with Crippen molar-refractivity contribution >= 4 is 0 Å². The molecule has 0 spiro atoms. The number of nitriles is 1. The predicted molar refractivity (Wildman–Crippen MR) is 73.6 cm³/mol. The van der Waals surface area contributed by atoms with Crippen molar-refractivity contribution in [3.8, 4) is 6.07 Å². The minimum atomic E-state index is -0.269. The first-order valence-electron chi connectivity index (χ1n) is 6.39. The van der Waals surface area contributed by atoms with Crippen LogP contribution in [0.1, 0.15) is 42.2 Å². The van der Waals surface area contributed by atoms with Gasteiger partial charge in [-0.05, 0) is 42.7 Å². The molecular formula is C17H15NO. The van der Waals surface area contributed by atoms with E-state index < -0.39 is 0 Å². The van der Waals surface area contributed by atoms with Gasteiger partial charge in [-0.3, -0.25) is 0 Å². The van der Waals surface area contributed by atoms with Gasteiger partial charge in [0.2, 0.25) is 0 Å². The number of nitrogens with zero attached hydrogens (tertiary/aromatic N) is 1. The van der Waals surface area contributed by atoms with Gasteiger partial charge in [-0.15, -0.1) is 0 Å². The first-order chi connectivity index (χ1) is 9.12. The number of rotatable bonds is 1. The number of hydrogen-bond donors (Lipinski definition) is 0. The highest BCUT2D eigenvalue weighted by atomic mass is 16.5. The minimum Gasteiger partial charge on any atom is -0.358 e. The highest BCUT2D eigenvalue weighted by molar-refractivity contribution is 5.44. The summed E-state index contributed by atoms with van der Waals surface area (Å²) in [6.45, 7) is 4.19. The fourth-order valence-corrected chi connectivity index (χ4v) is 2.68. The van der Waals surface area contributed by atoms with Gasteiger partial charge in [0.1, 0.15) is 6.10 Å². The fourth-order valence-electron chi connectivity index (χ4n) is 2.68. The summed E-state index contributed by atoms with van der Waals surface area (Å²) in [6.07, 6.45) is -0.0426. The molecule has 1 aliphatic heterocycles. The summed E-state index contributed by atoms with van der Waals surface area (Å²) < 4.78 is 6.20. The molecule has 0 saturated heterocycles. The van der Waals surface area contributed by atoms with Crippen LogP contribution in [0.3, 0.4) is 0 Å². The molecule has 0 N–H and O–H groups in total. The molecule has 0 saturated carbocycles. The molecule has 1 heterocycles. The Labute approximate surface area is 113 Å². The maximum Gasteiger partial charge on any atom is 0.109 e. The zero-order chi connectivity index (χ0) is 13.5. The Morgan fingerprint density at radius 2 is 1.74 bits per heavy atom. The van der Waals surface area contributed by atoms with Gasteiger partial charge in [-0.1, -0.05) is 36.4 Å². The molecule has 0 aromatic heterocycles. The Morgan fingerprint density at radius 3 is 2.42 bits per heavy atom. The molecule has 2 heteroatoms. The van der Waals surface area contributed by atoms with Crippen molar-refractivity contribution in [2.45, 2.75) is 25.6 Å². The van der Waals surface area contributed by atoms with Crippen molar-refractivity contribution in [1.29, 1.82) is 5.26 Å². The first kappa shape index (κ1) is 12.0. The van der Waals surface area contributed by atoms with Crippen molar-refractivity contribution in [2.24, 2.45) is 0 Å². The van der Waals surface area contributed by atoms with Crippen molar-refractivity contribution < 1.29 is 4.74 Å². The Balaban J connectivity index is 2.06. The molecule has 2 nitrogen and oxygen atoms in total. The summed E-state index contributed by atoms with van der Waals surface area (Å²) in [6, 6.07) is 18.1. The summed E-state index contributed by atoms with van der Waals surface area (Å²) in [7, 11) is 0. The van der Waals surface area contributed by atoms with E-state index in [0.717, 1.165) is 5.56 Å². The zero-order valence-electron chi connectivity index (χ0n) is 11.1. The first-order valence-corrected chi connectivity index (χ1v) is 6.39. The van der Waals surface area contributed by atoms with Gasteiger partial charge < -0.3 is 4.74 Å². The second kappa shape index (κ2) is 4.22. The maximum atomic E-state index is 8.85. The lowest BCUT2D eigenvalue weighted by Gasteiger charge is -2.20. The van der Waals surface area contributed by atoms with E-state index in [0.29, 0.717) is 5.56 Å². The molecule has 3 rings (SSSR count). The van der Waals surface area contributed by atoms with Gasteiger partial charge in [-0.2, -0.15) is 5.26 Å². The van der Waals surface area contributed by atoms with Crippen LogP contribution in [-0.2, 0) is 10.3 Å². The second-order valence-corrected chi connectivity index (χ2v) is 5.33. The van der Waals surface area contributed by atoms with E-state index in [1.54, 1.807) is 0 Å². The van der Waals surface area contributed by atoms with Gasteiger partial charge in [0.05, 0.1) is 17.2 Å². The molecular weight excluding hydrogens is 234 g/mol. The van der Waals surface area contributed by atoms with Crippen LogP contribution >= 0.6 is 0 Å². The Kier molecular flexibility index (Phi) is 2.66. The van der Waals surface area contributed by atoms with Crippen LogP contribution in [0, 0.1) is 11.3 Å². The fraction of sp³-hybridized carbons (Fsp3) is 0.235. The average Bonchev–Trinajstić information content (AvgIpc) is 2.72. The van der Waals surface area contributed by atoms with Crippen LogP contribution in [-0.4, -0.2) is 0 Å². The summed E-state index contributed by atoms with van der Waals surface area (Å²) in [5, 5.41) is 8.85. The van der Waals surface area contributed by atoms with Crippen molar-refractivity contribution in [3.63, 3.8) is 0 Å². The Bertz CT molecular complexity index is 650. The molecule has 1 aliphatic rings. The van der Waals surface area contributed by atoms with Crippen molar-refractivity contribution in [2.75, 3.05) is 0 Å². The van der Waals surface area contributed by atoms with Crippen molar-refractivity contribution in [3.05, 3.63) is 70.8 Å². The Morgan fingerprint density at radius 1 is 1.05 bits per heavy atom. The van der Waals surface area contributed by atoms with Crippen LogP contribution in [0.5, 0.6) is 0 Å². The molecule has 1 unspecified atom stereocenters. The van der Waals surface area contributed by atoms with Gasteiger partial charge in [-0.25, -0.2) is 0 Å². The number of fused-ring (bicyclic) bond motifs is 1. The molecule has 0 aliphatic carbocycles. The average molecular weight is 249 g/mol. The molecule has 2 aromatic carbocycles. The predicted octanol–water partition coefficient (Wildman–Crippen LogP) is 3.91. The van der Waals surface area contributed by atoms with Gasteiger partial charge >= 0.3 is 0 Å². The van der Waals surface area contributed by atoms with Crippen LogP contribution in [0.2, 0.25) is 0 Å². The summed E-state index contributed by atoms with van der Waals surface area (Å²) in [4.78, 5) is 0. The van der Waals surface area contributed by atoms with E-state index in [2.05, 4.69) is 32.0 Å². The van der Waals surface area contributed by atoms with Gasteiger partial charge in [0.15, 0.2) is 0 Å². The third kappa shape index (κ3) is 1.93. The summed E-state index contributed by atoms with van der Waals surface area (Å²) in [5.41, 5.74) is 3.96. The highest BCUT2D eigenvalue weighted by Gasteiger charge is 2.37. The van der Waals surface area contributed by atoms with E-state index in [-0.39, 0.29) is 11.7 Å². The van der Waals surface area contributed by atoms with Crippen LogP contribution in [0.15, 0.2) is 48.5 Å². The van der Waals surface area contributed by atoms with E-state index in [1.807, 2.05) is 36.4 Å². The molecule has 94 valence electrons. The van der Waals surface area contributed by atoms with Crippen LogP contribution in [0.4, 0.5) is 0 Å². The smallest absolute Gasteiger partial charge is 0.109 e. The van der Waals surface area contributed by atoms with E-state index >= 15 is 0 Å². The number of ether oxygens (including phenoxy) is 1. The lowest BCUT2D eigenvalue weighted by molar-refractivity contribution is -0.0340. The maximum absolute atomic E-state index is 8.85. The molecule has 19 heavy (non-hydrogen) atoms. The molecule has 0 radical (unpaired) electrons. The van der Waals surface area contributed by atoms with Crippen LogP contribution in [0.25, 0.3) is 0 Å². The lowest BCUT2D eigenvalue weighted by Crippen LogP contribution is -2.15. The van der Waals surface area contributed by atoms with Gasteiger partial charge in [0.25, 0.3) is 0 Å². The van der Waals surface area contributed by atoms with E-state index in [9.17, 15) is 0 Å². The van der Waals surface area contributed by atoms with Crippen LogP contribution < -0.4 is 0 Å². The SMILES string of the molecule is CC1(C)OC(c2ccc(C#N)cc2)c2ccccc21. The quantitative estimate of drug-likeness (QED) is 0.767. The van der Waals surface area contributed by atoms with Gasteiger partial charge in [0, 0.05) is 0 Å². The summed E-state index contributed by atoms with van der Waals surface area (Å²) in [5.74, 6) is 0. The van der Waals surface area contributed by atoms with E-state index in [1.165, 1.54) is 11.1 Å². The Hall–Kier alpha value is -2.11. The standard InChI is InChI=1S/C17H15NO/c1-17(2)15-6-4-3-5-14(15)16(19-17)13-9-7-12(11-18)8-10-13/h3-10,16H,1-2H3. The third-order valence-electron chi connectivity index (χ3n) is 3.65. The normalized spacial score (nSPS) is 19.7. The molecule has 0 fully saturated rings. The number of hydrogen-bond acceptors (Lipinski definition) is 2. The minimum absolute atomic E-state index is 0.0426. The molecule has 0 bridgehead atoms.